The average molecular weight is 291 g/mol. The number of fused-ring (bicyclic) bond motifs is 1. The van der Waals surface area contributed by atoms with Crippen molar-refractivity contribution in [3.63, 3.8) is 0 Å². The molecule has 3 heteroatoms. The third-order valence-electron chi connectivity index (χ3n) is 4.71. The Morgan fingerprint density at radius 3 is 3.00 bits per heavy atom. The fourth-order valence-corrected chi connectivity index (χ4v) is 3.37. The summed E-state index contributed by atoms with van der Waals surface area (Å²) in [6.07, 6.45) is 8.55. The van der Waals surface area contributed by atoms with Gasteiger partial charge < -0.3 is 9.88 Å². The zero-order chi connectivity index (χ0) is 14.8. The molecule has 0 spiro atoms. The summed E-state index contributed by atoms with van der Waals surface area (Å²) >= 11 is 0. The Hall–Kier alpha value is -2.13. The predicted molar refractivity (Wildman–Crippen MR) is 90.8 cm³/mol. The summed E-state index contributed by atoms with van der Waals surface area (Å²) in [5, 5.41) is 4.77. The number of nitrogens with one attached hydrogen (secondary N) is 1. The van der Waals surface area contributed by atoms with Gasteiger partial charge in [-0.15, -0.1) is 0 Å². The van der Waals surface area contributed by atoms with Gasteiger partial charge in [-0.25, -0.2) is 0 Å². The number of hydrogen-bond donors (Lipinski definition) is 1. The minimum atomic E-state index is 0.832. The van der Waals surface area contributed by atoms with Crippen molar-refractivity contribution in [2.75, 3.05) is 13.1 Å². The molecule has 3 nitrogen and oxygen atoms in total. The zero-order valence-electron chi connectivity index (χ0n) is 12.7. The van der Waals surface area contributed by atoms with E-state index in [1.54, 1.807) is 0 Å². The fourth-order valence-electron chi connectivity index (χ4n) is 3.37. The number of benzene rings is 1. The molecule has 1 N–H and O–H groups in total. The van der Waals surface area contributed by atoms with Crippen LogP contribution in [0, 0.1) is 5.92 Å². The summed E-state index contributed by atoms with van der Waals surface area (Å²) in [6, 6.07) is 13.0. The maximum atomic E-state index is 4.23. The predicted octanol–water partition coefficient (Wildman–Crippen LogP) is 3.70. The molecule has 22 heavy (non-hydrogen) atoms. The van der Waals surface area contributed by atoms with Crippen LogP contribution in [-0.2, 0) is 6.54 Å². The first-order valence-corrected chi connectivity index (χ1v) is 8.10. The summed E-state index contributed by atoms with van der Waals surface area (Å²) in [4.78, 5) is 4.23. The molecule has 1 aliphatic rings. The van der Waals surface area contributed by atoms with Crippen molar-refractivity contribution in [1.29, 1.82) is 0 Å². The quantitative estimate of drug-likeness (QED) is 0.794. The van der Waals surface area contributed by atoms with Crippen molar-refractivity contribution in [3.8, 4) is 11.1 Å². The number of aromatic nitrogens is 2. The summed E-state index contributed by atoms with van der Waals surface area (Å²) in [5.74, 6) is 0.832. The molecule has 3 heterocycles. The first kappa shape index (κ1) is 13.5. The van der Waals surface area contributed by atoms with Crippen LogP contribution in [-0.4, -0.2) is 22.6 Å². The highest BCUT2D eigenvalue weighted by molar-refractivity contribution is 5.85. The average Bonchev–Trinajstić information content (AvgIpc) is 3.23. The Balaban J connectivity index is 1.62. The zero-order valence-corrected chi connectivity index (χ0v) is 12.7. The van der Waals surface area contributed by atoms with Gasteiger partial charge in [-0.3, -0.25) is 4.98 Å². The molecule has 4 rings (SSSR count). The van der Waals surface area contributed by atoms with Crippen LogP contribution in [0.3, 0.4) is 0 Å². The molecule has 0 saturated carbocycles. The van der Waals surface area contributed by atoms with E-state index in [1.165, 1.54) is 48.0 Å². The Kier molecular flexibility index (Phi) is 3.65. The second-order valence-corrected chi connectivity index (χ2v) is 6.17. The van der Waals surface area contributed by atoms with Gasteiger partial charge in [0.15, 0.2) is 0 Å². The molecular formula is C19H21N3. The van der Waals surface area contributed by atoms with Crippen LogP contribution in [0.5, 0.6) is 0 Å². The van der Waals surface area contributed by atoms with Crippen molar-refractivity contribution in [2.24, 2.45) is 5.92 Å². The smallest absolute Gasteiger partial charge is 0.0486 e. The molecule has 1 unspecified atom stereocenters. The van der Waals surface area contributed by atoms with Gasteiger partial charge in [0.25, 0.3) is 0 Å². The summed E-state index contributed by atoms with van der Waals surface area (Å²) < 4.78 is 2.40. The minimum Gasteiger partial charge on any atom is -0.347 e. The van der Waals surface area contributed by atoms with Gasteiger partial charge in [-0.05, 0) is 61.0 Å². The first-order valence-electron chi connectivity index (χ1n) is 8.10. The monoisotopic (exact) mass is 291 g/mol. The molecule has 1 fully saturated rings. The van der Waals surface area contributed by atoms with Gasteiger partial charge in [0.05, 0.1) is 0 Å². The summed E-state index contributed by atoms with van der Waals surface area (Å²) in [6.45, 7) is 3.47. The molecule has 1 aliphatic heterocycles. The number of rotatable bonds is 4. The molecule has 1 aromatic carbocycles. The van der Waals surface area contributed by atoms with Crippen LogP contribution in [0.1, 0.15) is 12.8 Å². The Labute approximate surface area is 131 Å². The lowest BCUT2D eigenvalue weighted by atomic mass is 10.0. The highest BCUT2D eigenvalue weighted by Crippen LogP contribution is 2.25. The molecule has 0 aliphatic carbocycles. The van der Waals surface area contributed by atoms with E-state index >= 15 is 0 Å². The van der Waals surface area contributed by atoms with E-state index in [2.05, 4.69) is 51.4 Å². The van der Waals surface area contributed by atoms with Crippen LogP contribution in [0.2, 0.25) is 0 Å². The number of aryl methyl sites for hydroxylation is 1. The second kappa shape index (κ2) is 5.93. The van der Waals surface area contributed by atoms with Crippen molar-refractivity contribution in [1.82, 2.24) is 14.9 Å². The van der Waals surface area contributed by atoms with Gasteiger partial charge in [0.1, 0.15) is 0 Å². The molecule has 2 aromatic heterocycles. The van der Waals surface area contributed by atoms with Crippen LogP contribution in [0.25, 0.3) is 22.0 Å². The SMILES string of the molecule is c1cncc(-c2ccc3ccn(CCC4CCNC4)c3c2)c1. The highest BCUT2D eigenvalue weighted by Gasteiger charge is 2.14. The van der Waals surface area contributed by atoms with Crippen molar-refractivity contribution < 1.29 is 0 Å². The van der Waals surface area contributed by atoms with E-state index in [-0.39, 0.29) is 0 Å². The van der Waals surface area contributed by atoms with E-state index in [0.29, 0.717) is 0 Å². The summed E-state index contributed by atoms with van der Waals surface area (Å²) in [7, 11) is 0. The van der Waals surface area contributed by atoms with Gasteiger partial charge in [0.2, 0.25) is 0 Å². The Bertz CT molecular complexity index is 755. The lowest BCUT2D eigenvalue weighted by molar-refractivity contribution is 0.486. The number of nitrogens with zero attached hydrogens (tertiary/aromatic N) is 2. The van der Waals surface area contributed by atoms with Crippen LogP contribution >= 0.6 is 0 Å². The lowest BCUT2D eigenvalue weighted by Crippen LogP contribution is -2.10. The third-order valence-corrected chi connectivity index (χ3v) is 4.71. The van der Waals surface area contributed by atoms with Crippen molar-refractivity contribution >= 4 is 10.9 Å². The number of hydrogen-bond acceptors (Lipinski definition) is 2. The lowest BCUT2D eigenvalue weighted by Gasteiger charge is -2.11. The van der Waals surface area contributed by atoms with Crippen LogP contribution < -0.4 is 5.32 Å². The van der Waals surface area contributed by atoms with Crippen molar-refractivity contribution in [3.05, 3.63) is 55.0 Å². The highest BCUT2D eigenvalue weighted by atomic mass is 15.0. The topological polar surface area (TPSA) is 29.9 Å². The van der Waals surface area contributed by atoms with Crippen molar-refractivity contribution in [2.45, 2.75) is 19.4 Å². The standard InChI is InChI=1S/C19H21N3/c1-2-18(14-20-8-1)17-4-3-16-7-11-22(19(16)12-17)10-6-15-5-9-21-13-15/h1-4,7-8,11-12,14-15,21H,5-6,9-10,13H2. The molecule has 0 bridgehead atoms. The second-order valence-electron chi connectivity index (χ2n) is 6.17. The normalized spacial score (nSPS) is 18.1. The molecule has 1 atom stereocenters. The van der Waals surface area contributed by atoms with E-state index in [4.69, 9.17) is 0 Å². The molecule has 0 amide bonds. The Morgan fingerprint density at radius 2 is 2.18 bits per heavy atom. The maximum Gasteiger partial charge on any atom is 0.0486 e. The van der Waals surface area contributed by atoms with Crippen LogP contribution in [0.4, 0.5) is 0 Å². The molecule has 112 valence electrons. The number of pyridine rings is 1. The van der Waals surface area contributed by atoms with E-state index in [1.807, 2.05) is 18.5 Å². The van der Waals surface area contributed by atoms with Gasteiger partial charge in [-0.2, -0.15) is 0 Å². The Morgan fingerprint density at radius 1 is 1.18 bits per heavy atom. The molecule has 3 aromatic rings. The van der Waals surface area contributed by atoms with E-state index < -0.39 is 0 Å². The fraction of sp³-hybridized carbons (Fsp3) is 0.316. The van der Waals surface area contributed by atoms with Gasteiger partial charge >= 0.3 is 0 Å². The first-order chi connectivity index (χ1) is 10.9. The summed E-state index contributed by atoms with van der Waals surface area (Å²) in [5.41, 5.74) is 3.74. The van der Waals surface area contributed by atoms with Crippen LogP contribution in [0.15, 0.2) is 55.0 Å². The van der Waals surface area contributed by atoms with Gasteiger partial charge in [-0.1, -0.05) is 18.2 Å². The third kappa shape index (κ3) is 2.64. The largest absolute Gasteiger partial charge is 0.347 e. The van der Waals surface area contributed by atoms with Gasteiger partial charge in [0, 0.05) is 36.2 Å². The molecule has 1 saturated heterocycles. The minimum absolute atomic E-state index is 0.832. The molecular weight excluding hydrogens is 270 g/mol. The van der Waals surface area contributed by atoms with E-state index in [0.717, 1.165) is 12.5 Å². The maximum absolute atomic E-state index is 4.23. The van der Waals surface area contributed by atoms with E-state index in [9.17, 15) is 0 Å². The molecule has 0 radical (unpaired) electrons.